The molecule has 0 bridgehead atoms. The van der Waals surface area contributed by atoms with Crippen molar-refractivity contribution in [2.45, 2.75) is 25.4 Å². The van der Waals surface area contributed by atoms with Gasteiger partial charge in [0.15, 0.2) is 6.29 Å². The third kappa shape index (κ3) is 1.71. The monoisotopic (exact) mass is 160 g/mol. The second-order valence-electron chi connectivity index (χ2n) is 2.47. The van der Waals surface area contributed by atoms with Crippen LogP contribution in [-0.2, 0) is 9.47 Å². The van der Waals surface area contributed by atoms with Gasteiger partial charge in [-0.1, -0.05) is 6.58 Å². The first-order chi connectivity index (χ1) is 5.15. The Morgan fingerprint density at radius 3 is 2.55 bits per heavy atom. The number of rotatable bonds is 2. The van der Waals surface area contributed by atoms with Crippen LogP contribution in [0.15, 0.2) is 12.3 Å². The maximum absolute atomic E-state index is 8.96. The minimum Gasteiger partial charge on any atom is -0.510 e. The molecule has 0 radical (unpaired) electrons. The maximum Gasteiger partial charge on any atom is 0.156 e. The molecular weight excluding hydrogens is 148 g/mol. The van der Waals surface area contributed by atoms with Crippen molar-refractivity contribution in [2.75, 3.05) is 6.61 Å². The molecule has 1 rings (SSSR count). The lowest BCUT2D eigenvalue weighted by atomic mass is 10.2. The normalized spacial score (nSPS) is 37.5. The highest BCUT2D eigenvalue weighted by Crippen LogP contribution is 2.21. The van der Waals surface area contributed by atoms with Gasteiger partial charge in [0, 0.05) is 0 Å². The van der Waals surface area contributed by atoms with Gasteiger partial charge in [0.1, 0.15) is 18.0 Å². The van der Waals surface area contributed by atoms with Gasteiger partial charge in [-0.25, -0.2) is 0 Å². The Labute approximate surface area is 65.0 Å². The summed E-state index contributed by atoms with van der Waals surface area (Å²) in [4.78, 5) is 0. The second kappa shape index (κ2) is 3.21. The van der Waals surface area contributed by atoms with Gasteiger partial charge in [0.05, 0.1) is 6.61 Å². The van der Waals surface area contributed by atoms with E-state index in [1.54, 1.807) is 6.92 Å². The van der Waals surface area contributed by atoms with Crippen LogP contribution in [-0.4, -0.2) is 35.3 Å². The van der Waals surface area contributed by atoms with Crippen LogP contribution < -0.4 is 0 Å². The lowest BCUT2D eigenvalue weighted by molar-refractivity contribution is -0.0558. The van der Waals surface area contributed by atoms with Crippen LogP contribution in [0.4, 0.5) is 0 Å². The van der Waals surface area contributed by atoms with Crippen molar-refractivity contribution in [1.82, 2.24) is 0 Å². The maximum atomic E-state index is 8.96. The molecule has 11 heavy (non-hydrogen) atoms. The topological polar surface area (TPSA) is 58.9 Å². The van der Waals surface area contributed by atoms with E-state index in [-0.39, 0.29) is 18.7 Å². The Hall–Kier alpha value is -0.580. The van der Waals surface area contributed by atoms with Crippen molar-refractivity contribution in [3.8, 4) is 0 Å². The standard InChI is InChI=1S/C7H12O4/c1-4(9)7-6(3-8)10-5(2)11-7/h5-9H,1,3H2,2H3/t5?,6-,7-/m1/s1. The molecule has 1 unspecified atom stereocenters. The predicted octanol–water partition coefficient (Wildman–Crippen LogP) is 0.180. The molecule has 4 nitrogen and oxygen atoms in total. The molecule has 0 aromatic rings. The van der Waals surface area contributed by atoms with Crippen LogP contribution in [0.5, 0.6) is 0 Å². The zero-order chi connectivity index (χ0) is 8.43. The van der Waals surface area contributed by atoms with Gasteiger partial charge in [-0.05, 0) is 6.92 Å². The summed E-state index contributed by atoms with van der Waals surface area (Å²) in [5, 5.41) is 17.7. The summed E-state index contributed by atoms with van der Waals surface area (Å²) < 4.78 is 10.2. The van der Waals surface area contributed by atoms with Crippen molar-refractivity contribution in [3.05, 3.63) is 12.3 Å². The van der Waals surface area contributed by atoms with Gasteiger partial charge in [-0.3, -0.25) is 0 Å². The van der Waals surface area contributed by atoms with Gasteiger partial charge in [0.25, 0.3) is 0 Å². The third-order valence-electron chi connectivity index (χ3n) is 1.55. The van der Waals surface area contributed by atoms with Gasteiger partial charge in [-0.2, -0.15) is 0 Å². The Kier molecular flexibility index (Phi) is 2.49. The summed E-state index contributed by atoms with van der Waals surface area (Å²) in [7, 11) is 0. The number of hydrogen-bond donors (Lipinski definition) is 2. The fraction of sp³-hybridized carbons (Fsp3) is 0.714. The first-order valence-corrected chi connectivity index (χ1v) is 3.44. The minimum absolute atomic E-state index is 0.103. The smallest absolute Gasteiger partial charge is 0.156 e. The molecule has 1 fully saturated rings. The summed E-state index contributed by atoms with van der Waals surface area (Å²) in [5.74, 6) is -0.103. The Morgan fingerprint density at radius 2 is 2.18 bits per heavy atom. The zero-order valence-corrected chi connectivity index (χ0v) is 6.36. The van der Waals surface area contributed by atoms with Gasteiger partial charge in [-0.15, -0.1) is 0 Å². The van der Waals surface area contributed by atoms with Crippen LogP contribution in [0.25, 0.3) is 0 Å². The van der Waals surface area contributed by atoms with E-state index in [4.69, 9.17) is 19.7 Å². The van der Waals surface area contributed by atoms with Gasteiger partial charge in [0.2, 0.25) is 0 Å². The summed E-state index contributed by atoms with van der Waals surface area (Å²) in [6.45, 7) is 4.84. The van der Waals surface area contributed by atoms with Gasteiger partial charge < -0.3 is 19.7 Å². The zero-order valence-electron chi connectivity index (χ0n) is 6.36. The Bertz CT molecular complexity index is 157. The molecule has 4 heteroatoms. The molecule has 0 aromatic heterocycles. The van der Waals surface area contributed by atoms with E-state index in [1.165, 1.54) is 0 Å². The second-order valence-corrected chi connectivity index (χ2v) is 2.47. The summed E-state index contributed by atoms with van der Waals surface area (Å²) in [5.41, 5.74) is 0. The molecule has 64 valence electrons. The van der Waals surface area contributed by atoms with E-state index in [0.29, 0.717) is 0 Å². The molecule has 1 aliphatic rings. The van der Waals surface area contributed by atoms with Crippen molar-refractivity contribution in [3.63, 3.8) is 0 Å². The van der Waals surface area contributed by atoms with E-state index in [1.807, 2.05) is 0 Å². The SMILES string of the molecule is C=C(O)[C@H]1OC(C)O[C@@H]1CO. The number of hydrogen-bond acceptors (Lipinski definition) is 4. The quantitative estimate of drug-likeness (QED) is 0.566. The Morgan fingerprint density at radius 1 is 1.55 bits per heavy atom. The third-order valence-corrected chi connectivity index (χ3v) is 1.55. The largest absolute Gasteiger partial charge is 0.510 e. The van der Waals surface area contributed by atoms with E-state index in [9.17, 15) is 0 Å². The first-order valence-electron chi connectivity index (χ1n) is 3.44. The molecule has 2 N–H and O–H groups in total. The predicted molar refractivity (Wildman–Crippen MR) is 38.1 cm³/mol. The van der Waals surface area contributed by atoms with E-state index >= 15 is 0 Å². The molecule has 0 aliphatic carbocycles. The number of aliphatic hydroxyl groups is 2. The van der Waals surface area contributed by atoms with Crippen LogP contribution in [0.1, 0.15) is 6.92 Å². The molecule has 0 aromatic carbocycles. The molecule has 1 heterocycles. The molecule has 0 saturated carbocycles. The fourth-order valence-corrected chi connectivity index (χ4v) is 1.08. The van der Waals surface area contributed by atoms with E-state index in [2.05, 4.69) is 6.58 Å². The highest BCUT2D eigenvalue weighted by atomic mass is 16.7. The van der Waals surface area contributed by atoms with Crippen molar-refractivity contribution < 1.29 is 19.7 Å². The van der Waals surface area contributed by atoms with Gasteiger partial charge >= 0.3 is 0 Å². The average molecular weight is 160 g/mol. The van der Waals surface area contributed by atoms with E-state index in [0.717, 1.165) is 0 Å². The highest BCUT2D eigenvalue weighted by Gasteiger charge is 2.35. The van der Waals surface area contributed by atoms with Crippen LogP contribution in [0, 0.1) is 0 Å². The first kappa shape index (κ1) is 8.52. The van der Waals surface area contributed by atoms with Crippen LogP contribution >= 0.6 is 0 Å². The lowest BCUT2D eigenvalue weighted by Crippen LogP contribution is -2.27. The highest BCUT2D eigenvalue weighted by molar-refractivity contribution is 4.97. The number of ether oxygens (including phenoxy) is 2. The summed E-state index contributed by atoms with van der Waals surface area (Å²) >= 11 is 0. The molecule has 3 atom stereocenters. The summed E-state index contributed by atoms with van der Waals surface area (Å²) in [6.07, 6.45) is -1.46. The average Bonchev–Trinajstić information content (AvgIpc) is 2.30. The summed E-state index contributed by atoms with van der Waals surface area (Å²) in [6, 6.07) is 0. The molecular formula is C7H12O4. The molecule has 1 aliphatic heterocycles. The Balaban J connectivity index is 2.57. The van der Waals surface area contributed by atoms with Crippen molar-refractivity contribution >= 4 is 0 Å². The lowest BCUT2D eigenvalue weighted by Gasteiger charge is -2.11. The fourth-order valence-electron chi connectivity index (χ4n) is 1.08. The molecule has 0 amide bonds. The minimum atomic E-state index is -0.588. The van der Waals surface area contributed by atoms with Crippen LogP contribution in [0.2, 0.25) is 0 Å². The van der Waals surface area contributed by atoms with Crippen molar-refractivity contribution in [1.29, 1.82) is 0 Å². The molecule has 0 spiro atoms. The number of aliphatic hydroxyl groups excluding tert-OH is 2. The van der Waals surface area contributed by atoms with Crippen molar-refractivity contribution in [2.24, 2.45) is 0 Å². The van der Waals surface area contributed by atoms with Crippen LogP contribution in [0.3, 0.4) is 0 Å². The van der Waals surface area contributed by atoms with E-state index < -0.39 is 12.2 Å². The molecule has 1 saturated heterocycles.